The second-order valence-electron chi connectivity index (χ2n) is 4.59. The molecule has 2 nitrogen and oxygen atoms in total. The van der Waals surface area contributed by atoms with Crippen LogP contribution in [0.15, 0.2) is 18.2 Å². The summed E-state index contributed by atoms with van der Waals surface area (Å²) in [4.78, 5) is 14.2. The molecule has 0 amide bonds. The summed E-state index contributed by atoms with van der Waals surface area (Å²) < 4.78 is 0. The first kappa shape index (κ1) is 9.10. The van der Waals surface area contributed by atoms with Crippen molar-refractivity contribution in [2.24, 2.45) is 0 Å². The largest absolute Gasteiger partial charge is 0.299 e. The highest BCUT2D eigenvalue weighted by atomic mass is 16.1. The molecule has 1 atom stereocenters. The maximum atomic E-state index is 11.8. The van der Waals surface area contributed by atoms with Gasteiger partial charge in [0.1, 0.15) is 0 Å². The first-order valence-corrected chi connectivity index (χ1v) is 5.62. The molecule has 78 valence electrons. The van der Waals surface area contributed by atoms with Gasteiger partial charge in [-0.05, 0) is 31.0 Å². The van der Waals surface area contributed by atoms with E-state index >= 15 is 0 Å². The summed E-state index contributed by atoms with van der Waals surface area (Å²) in [5.74, 6) is 0.332. The Labute approximate surface area is 89.9 Å². The third-order valence-electron chi connectivity index (χ3n) is 3.74. The number of rotatable bonds is 0. The molecule has 0 aromatic heterocycles. The van der Waals surface area contributed by atoms with Crippen molar-refractivity contribution in [3.05, 3.63) is 34.9 Å². The van der Waals surface area contributed by atoms with Crippen LogP contribution >= 0.6 is 0 Å². The minimum Gasteiger partial charge on any atom is -0.299 e. The third-order valence-corrected chi connectivity index (χ3v) is 3.74. The topological polar surface area (TPSA) is 20.3 Å². The summed E-state index contributed by atoms with van der Waals surface area (Å²) in [6.45, 7) is 1.12. The van der Waals surface area contributed by atoms with Gasteiger partial charge < -0.3 is 0 Å². The Morgan fingerprint density at radius 2 is 2.20 bits per heavy atom. The smallest absolute Gasteiger partial charge is 0.163 e. The summed E-state index contributed by atoms with van der Waals surface area (Å²) in [6, 6.07) is 6.69. The fraction of sp³-hybridized carbons (Fsp3) is 0.462. The SMILES string of the molecule is CN1CCc2cccc3c2C1CCC3=O. The zero-order valence-electron chi connectivity index (χ0n) is 8.99. The van der Waals surface area contributed by atoms with Crippen molar-refractivity contribution in [2.45, 2.75) is 25.3 Å². The van der Waals surface area contributed by atoms with Gasteiger partial charge in [0.15, 0.2) is 5.78 Å². The van der Waals surface area contributed by atoms with E-state index in [1.54, 1.807) is 0 Å². The molecule has 0 radical (unpaired) electrons. The summed E-state index contributed by atoms with van der Waals surface area (Å²) in [5, 5.41) is 0. The minimum absolute atomic E-state index is 0.332. The number of hydrogen-bond acceptors (Lipinski definition) is 2. The van der Waals surface area contributed by atoms with Crippen molar-refractivity contribution in [1.82, 2.24) is 4.90 Å². The van der Waals surface area contributed by atoms with Crippen molar-refractivity contribution in [1.29, 1.82) is 0 Å². The second kappa shape index (κ2) is 3.17. The Kier molecular flexibility index (Phi) is 1.93. The Balaban J connectivity index is 2.22. The predicted octanol–water partition coefficient (Wildman–Crippen LogP) is 2.19. The minimum atomic E-state index is 0.332. The molecule has 0 saturated carbocycles. The number of hydrogen-bond donors (Lipinski definition) is 0. The molecular weight excluding hydrogens is 186 g/mol. The molecule has 1 aromatic carbocycles. The van der Waals surface area contributed by atoms with Gasteiger partial charge in [-0.15, -0.1) is 0 Å². The lowest BCUT2D eigenvalue weighted by Gasteiger charge is -2.38. The van der Waals surface area contributed by atoms with Crippen LogP contribution in [0.1, 0.15) is 40.4 Å². The number of nitrogens with zero attached hydrogens (tertiary/aromatic N) is 1. The quantitative estimate of drug-likeness (QED) is 0.641. The van der Waals surface area contributed by atoms with Crippen LogP contribution in [0.2, 0.25) is 0 Å². The Morgan fingerprint density at radius 3 is 3.07 bits per heavy atom. The number of Topliss-reactive ketones (excluding diaryl/α,β-unsaturated/α-hetero) is 1. The van der Waals surface area contributed by atoms with Crippen molar-refractivity contribution < 1.29 is 4.79 Å². The van der Waals surface area contributed by atoms with Gasteiger partial charge in [-0.3, -0.25) is 9.69 Å². The Hall–Kier alpha value is -1.15. The van der Waals surface area contributed by atoms with Crippen LogP contribution in [-0.2, 0) is 6.42 Å². The molecule has 15 heavy (non-hydrogen) atoms. The highest BCUT2D eigenvalue weighted by Crippen LogP contribution is 2.38. The number of carbonyl (C=O) groups is 1. The highest BCUT2D eigenvalue weighted by Gasteiger charge is 2.32. The summed E-state index contributed by atoms with van der Waals surface area (Å²) in [5.41, 5.74) is 3.70. The molecule has 0 spiro atoms. The normalized spacial score (nSPS) is 25.1. The van der Waals surface area contributed by atoms with Crippen molar-refractivity contribution >= 4 is 5.78 Å². The van der Waals surface area contributed by atoms with E-state index < -0.39 is 0 Å². The standard InChI is InChI=1S/C13H15NO/c1-14-8-7-9-3-2-4-10-12(15)6-5-11(14)13(9)10/h2-4,11H,5-8H2,1H3. The van der Waals surface area contributed by atoms with Crippen LogP contribution in [0.25, 0.3) is 0 Å². The molecule has 1 heterocycles. The number of benzene rings is 1. The van der Waals surface area contributed by atoms with E-state index in [0.29, 0.717) is 18.2 Å². The molecular formula is C13H15NO. The molecule has 0 fully saturated rings. The molecule has 0 saturated heterocycles. The van der Waals surface area contributed by atoms with E-state index in [9.17, 15) is 4.79 Å². The van der Waals surface area contributed by atoms with Crippen molar-refractivity contribution in [2.75, 3.05) is 13.6 Å². The van der Waals surface area contributed by atoms with Gasteiger partial charge in [0, 0.05) is 24.6 Å². The second-order valence-corrected chi connectivity index (χ2v) is 4.59. The fourth-order valence-corrected chi connectivity index (χ4v) is 2.91. The number of carbonyl (C=O) groups excluding carboxylic acids is 1. The molecule has 3 rings (SSSR count). The van der Waals surface area contributed by atoms with E-state index in [1.807, 2.05) is 12.1 Å². The average Bonchev–Trinajstić information content (AvgIpc) is 2.26. The van der Waals surface area contributed by atoms with Crippen molar-refractivity contribution in [3.8, 4) is 0 Å². The number of likely N-dealkylation sites (N-methyl/N-ethyl adjacent to an activating group) is 1. The monoisotopic (exact) mass is 201 g/mol. The highest BCUT2D eigenvalue weighted by molar-refractivity contribution is 5.99. The van der Waals surface area contributed by atoms with Crippen LogP contribution < -0.4 is 0 Å². The summed E-state index contributed by atoms with van der Waals surface area (Å²) in [7, 11) is 2.17. The molecule has 2 aliphatic rings. The third kappa shape index (κ3) is 1.25. The zero-order valence-corrected chi connectivity index (χ0v) is 8.99. The van der Waals surface area contributed by atoms with Gasteiger partial charge in [-0.2, -0.15) is 0 Å². The van der Waals surface area contributed by atoms with E-state index in [4.69, 9.17) is 0 Å². The van der Waals surface area contributed by atoms with Gasteiger partial charge in [0.25, 0.3) is 0 Å². The van der Waals surface area contributed by atoms with Crippen molar-refractivity contribution in [3.63, 3.8) is 0 Å². The van der Waals surface area contributed by atoms with Crippen LogP contribution in [-0.4, -0.2) is 24.3 Å². The predicted molar refractivity (Wildman–Crippen MR) is 59.1 cm³/mol. The van der Waals surface area contributed by atoms with E-state index in [2.05, 4.69) is 18.0 Å². The van der Waals surface area contributed by atoms with Crippen LogP contribution in [0.5, 0.6) is 0 Å². The molecule has 2 heteroatoms. The molecule has 0 N–H and O–H groups in total. The maximum Gasteiger partial charge on any atom is 0.163 e. The van der Waals surface area contributed by atoms with Gasteiger partial charge in [-0.1, -0.05) is 18.2 Å². The first-order chi connectivity index (χ1) is 7.27. The van der Waals surface area contributed by atoms with Crippen LogP contribution in [0.3, 0.4) is 0 Å². The molecule has 1 unspecified atom stereocenters. The average molecular weight is 201 g/mol. The zero-order chi connectivity index (χ0) is 10.4. The van der Waals surface area contributed by atoms with Gasteiger partial charge in [0.2, 0.25) is 0 Å². The lowest BCUT2D eigenvalue weighted by atomic mass is 9.80. The van der Waals surface area contributed by atoms with Gasteiger partial charge in [0.05, 0.1) is 0 Å². The Bertz CT molecular complexity index is 425. The maximum absolute atomic E-state index is 11.8. The summed E-state index contributed by atoms with van der Waals surface area (Å²) in [6.07, 6.45) is 2.80. The van der Waals surface area contributed by atoms with E-state index in [1.165, 1.54) is 11.1 Å². The van der Waals surface area contributed by atoms with Crippen LogP contribution in [0.4, 0.5) is 0 Å². The number of ketones is 1. The molecule has 1 aliphatic carbocycles. The van der Waals surface area contributed by atoms with Crippen LogP contribution in [0, 0.1) is 0 Å². The Morgan fingerprint density at radius 1 is 1.33 bits per heavy atom. The first-order valence-electron chi connectivity index (χ1n) is 5.62. The molecule has 0 bridgehead atoms. The lowest BCUT2D eigenvalue weighted by molar-refractivity contribution is 0.0935. The molecule has 1 aliphatic heterocycles. The summed E-state index contributed by atoms with van der Waals surface area (Å²) >= 11 is 0. The lowest BCUT2D eigenvalue weighted by Crippen LogP contribution is -2.36. The van der Waals surface area contributed by atoms with Gasteiger partial charge >= 0.3 is 0 Å². The fourth-order valence-electron chi connectivity index (χ4n) is 2.91. The molecule has 1 aromatic rings. The van der Waals surface area contributed by atoms with E-state index in [0.717, 1.165) is 24.9 Å². The van der Waals surface area contributed by atoms with Gasteiger partial charge in [-0.25, -0.2) is 0 Å². The van der Waals surface area contributed by atoms with E-state index in [-0.39, 0.29) is 0 Å².